The van der Waals surface area contributed by atoms with Gasteiger partial charge in [-0.2, -0.15) is 4.68 Å². The van der Waals surface area contributed by atoms with Crippen molar-refractivity contribution >= 4 is 0 Å². The number of benzene rings is 1. The summed E-state index contributed by atoms with van der Waals surface area (Å²) in [5.74, 6) is 1.64. The number of rotatable bonds is 5. The fourth-order valence-corrected chi connectivity index (χ4v) is 2.37. The molecule has 5 nitrogen and oxygen atoms in total. The highest BCUT2D eigenvalue weighted by molar-refractivity contribution is 5.30. The third-order valence-electron chi connectivity index (χ3n) is 3.93. The quantitative estimate of drug-likeness (QED) is 0.887. The van der Waals surface area contributed by atoms with E-state index in [0.29, 0.717) is 12.0 Å². The van der Waals surface area contributed by atoms with Crippen molar-refractivity contribution in [2.24, 2.45) is 11.3 Å². The molecule has 100 valence electrons. The van der Waals surface area contributed by atoms with E-state index >= 15 is 0 Å². The van der Waals surface area contributed by atoms with Crippen LogP contribution in [-0.4, -0.2) is 26.8 Å². The Kier molecular flexibility index (Phi) is 3.06. The molecule has 1 aliphatic carbocycles. The van der Waals surface area contributed by atoms with Gasteiger partial charge in [0.25, 0.3) is 0 Å². The molecule has 1 aromatic carbocycles. The predicted molar refractivity (Wildman–Crippen MR) is 72.7 cm³/mol. The number of nitrogens with zero attached hydrogens (tertiary/aromatic N) is 4. The molecule has 0 spiro atoms. The van der Waals surface area contributed by atoms with E-state index in [9.17, 15) is 0 Å². The molecule has 0 amide bonds. The van der Waals surface area contributed by atoms with Gasteiger partial charge in [-0.05, 0) is 46.9 Å². The number of tetrazole rings is 1. The van der Waals surface area contributed by atoms with E-state index in [1.54, 1.807) is 4.68 Å². The average Bonchev–Trinajstić information content (AvgIpc) is 2.83. The van der Waals surface area contributed by atoms with Crippen molar-refractivity contribution in [1.82, 2.24) is 25.5 Å². The molecule has 1 aromatic heterocycles. The minimum Gasteiger partial charge on any atom is -0.309 e. The van der Waals surface area contributed by atoms with Gasteiger partial charge >= 0.3 is 0 Å². The number of hydrogen-bond donors (Lipinski definition) is 1. The van der Waals surface area contributed by atoms with Gasteiger partial charge in [-0.15, -0.1) is 5.10 Å². The van der Waals surface area contributed by atoms with Crippen LogP contribution in [0, 0.1) is 11.3 Å². The van der Waals surface area contributed by atoms with Crippen LogP contribution in [0.1, 0.15) is 26.1 Å². The minimum absolute atomic E-state index is 0.512. The Morgan fingerprint density at radius 3 is 2.74 bits per heavy atom. The molecule has 1 fully saturated rings. The summed E-state index contributed by atoms with van der Waals surface area (Å²) in [6.45, 7) is 6.36. The highest BCUT2D eigenvalue weighted by Crippen LogP contribution is 2.50. The van der Waals surface area contributed by atoms with Gasteiger partial charge in [-0.3, -0.25) is 0 Å². The first-order chi connectivity index (χ1) is 9.17. The summed E-state index contributed by atoms with van der Waals surface area (Å²) in [7, 11) is 0. The molecule has 1 N–H and O–H groups in total. The standard InChI is InChI=1S/C14H19N5/c1-14(2)8-11(14)9-15-10-13-16-17-18-19(13)12-6-4-3-5-7-12/h3-7,11,15H,8-10H2,1-2H3. The second-order valence-corrected chi connectivity index (χ2v) is 5.86. The normalized spacial score (nSPS) is 20.4. The van der Waals surface area contributed by atoms with Crippen molar-refractivity contribution in [2.45, 2.75) is 26.8 Å². The Labute approximate surface area is 113 Å². The Hall–Kier alpha value is -1.75. The smallest absolute Gasteiger partial charge is 0.170 e. The minimum atomic E-state index is 0.512. The lowest BCUT2D eigenvalue weighted by Gasteiger charge is -2.07. The molecule has 3 rings (SSSR count). The molecule has 1 unspecified atom stereocenters. The predicted octanol–water partition coefficient (Wildman–Crippen LogP) is 1.80. The van der Waals surface area contributed by atoms with Gasteiger partial charge in [0.15, 0.2) is 5.82 Å². The summed E-state index contributed by atoms with van der Waals surface area (Å²) >= 11 is 0. The van der Waals surface area contributed by atoms with Crippen molar-refractivity contribution < 1.29 is 0 Å². The first kappa shape index (κ1) is 12.3. The Balaban J connectivity index is 1.62. The van der Waals surface area contributed by atoms with Crippen molar-refractivity contribution in [1.29, 1.82) is 0 Å². The van der Waals surface area contributed by atoms with E-state index < -0.39 is 0 Å². The number of nitrogens with one attached hydrogen (secondary N) is 1. The second-order valence-electron chi connectivity index (χ2n) is 5.86. The highest BCUT2D eigenvalue weighted by Gasteiger charge is 2.44. The zero-order valence-corrected chi connectivity index (χ0v) is 11.4. The van der Waals surface area contributed by atoms with Crippen molar-refractivity contribution in [3.8, 4) is 5.69 Å². The lowest BCUT2D eigenvalue weighted by atomic mass is 10.1. The van der Waals surface area contributed by atoms with Crippen LogP contribution in [0.3, 0.4) is 0 Å². The molecule has 0 bridgehead atoms. The molecule has 1 aliphatic rings. The van der Waals surface area contributed by atoms with Gasteiger partial charge in [0.2, 0.25) is 0 Å². The molecule has 1 heterocycles. The van der Waals surface area contributed by atoms with E-state index in [-0.39, 0.29) is 0 Å². The van der Waals surface area contributed by atoms with Crippen molar-refractivity contribution in [3.05, 3.63) is 36.2 Å². The van der Waals surface area contributed by atoms with Gasteiger partial charge in [0.1, 0.15) is 0 Å². The Morgan fingerprint density at radius 1 is 1.32 bits per heavy atom. The maximum absolute atomic E-state index is 4.09. The molecule has 2 aromatic rings. The van der Waals surface area contributed by atoms with Gasteiger partial charge in [0.05, 0.1) is 12.2 Å². The third kappa shape index (κ3) is 2.66. The van der Waals surface area contributed by atoms with Crippen molar-refractivity contribution in [3.63, 3.8) is 0 Å². The van der Waals surface area contributed by atoms with Crippen LogP contribution in [0.25, 0.3) is 5.69 Å². The fraction of sp³-hybridized carbons (Fsp3) is 0.500. The molecule has 0 saturated heterocycles. The summed E-state index contributed by atoms with van der Waals surface area (Å²) in [6, 6.07) is 9.97. The maximum atomic E-state index is 4.09. The summed E-state index contributed by atoms with van der Waals surface area (Å²) in [6.07, 6.45) is 1.31. The molecular weight excluding hydrogens is 238 g/mol. The molecule has 1 saturated carbocycles. The second kappa shape index (κ2) is 4.74. The molecule has 1 atom stereocenters. The van der Waals surface area contributed by atoms with Crippen LogP contribution in [-0.2, 0) is 6.54 Å². The summed E-state index contributed by atoms with van der Waals surface area (Å²) in [5.41, 5.74) is 1.51. The van der Waals surface area contributed by atoms with Crippen molar-refractivity contribution in [2.75, 3.05) is 6.54 Å². The summed E-state index contributed by atoms with van der Waals surface area (Å²) < 4.78 is 1.78. The lowest BCUT2D eigenvalue weighted by molar-refractivity contribution is 0.512. The molecule has 5 heteroatoms. The lowest BCUT2D eigenvalue weighted by Crippen LogP contribution is -2.20. The third-order valence-corrected chi connectivity index (χ3v) is 3.93. The SMILES string of the molecule is CC1(C)CC1CNCc1nnnn1-c1ccccc1. The highest BCUT2D eigenvalue weighted by atomic mass is 15.5. The van der Waals surface area contributed by atoms with Gasteiger partial charge in [0, 0.05) is 0 Å². The topological polar surface area (TPSA) is 55.6 Å². The van der Waals surface area contributed by atoms with Crippen LogP contribution in [0.4, 0.5) is 0 Å². The zero-order chi connectivity index (χ0) is 13.3. The van der Waals surface area contributed by atoms with E-state index in [1.807, 2.05) is 30.3 Å². The average molecular weight is 257 g/mol. The number of aromatic nitrogens is 4. The van der Waals surface area contributed by atoms with Crippen LogP contribution >= 0.6 is 0 Å². The largest absolute Gasteiger partial charge is 0.309 e. The van der Waals surface area contributed by atoms with E-state index in [0.717, 1.165) is 24.0 Å². The van der Waals surface area contributed by atoms with E-state index in [1.165, 1.54) is 6.42 Å². The first-order valence-electron chi connectivity index (χ1n) is 6.70. The molecular formula is C14H19N5. The van der Waals surface area contributed by atoms with E-state index in [4.69, 9.17) is 0 Å². The molecule has 0 aliphatic heterocycles. The monoisotopic (exact) mass is 257 g/mol. The molecule has 19 heavy (non-hydrogen) atoms. The van der Waals surface area contributed by atoms with Gasteiger partial charge in [-0.1, -0.05) is 32.0 Å². The Bertz CT molecular complexity index is 546. The summed E-state index contributed by atoms with van der Waals surface area (Å²) in [5, 5.41) is 15.3. The van der Waals surface area contributed by atoms with Crippen LogP contribution in [0.2, 0.25) is 0 Å². The maximum Gasteiger partial charge on any atom is 0.170 e. The molecule has 0 radical (unpaired) electrons. The first-order valence-corrected chi connectivity index (χ1v) is 6.70. The van der Waals surface area contributed by atoms with Crippen LogP contribution < -0.4 is 5.32 Å². The van der Waals surface area contributed by atoms with Gasteiger partial charge < -0.3 is 5.32 Å². The number of hydrogen-bond acceptors (Lipinski definition) is 4. The van der Waals surface area contributed by atoms with E-state index in [2.05, 4.69) is 34.7 Å². The van der Waals surface area contributed by atoms with Crippen LogP contribution in [0.15, 0.2) is 30.3 Å². The zero-order valence-electron chi connectivity index (χ0n) is 11.4. The Morgan fingerprint density at radius 2 is 2.05 bits per heavy atom. The van der Waals surface area contributed by atoms with Crippen LogP contribution in [0.5, 0.6) is 0 Å². The number of para-hydroxylation sites is 1. The summed E-state index contributed by atoms with van der Waals surface area (Å²) in [4.78, 5) is 0. The van der Waals surface area contributed by atoms with Gasteiger partial charge in [-0.25, -0.2) is 0 Å². The fourth-order valence-electron chi connectivity index (χ4n) is 2.37.